The molecule has 146 valence electrons. The van der Waals surface area contributed by atoms with E-state index in [0.29, 0.717) is 29.8 Å². The fourth-order valence-electron chi connectivity index (χ4n) is 3.20. The number of piperidine rings is 1. The van der Waals surface area contributed by atoms with Crippen molar-refractivity contribution < 1.29 is 9.59 Å². The summed E-state index contributed by atoms with van der Waals surface area (Å²) in [7, 11) is 0. The highest BCUT2D eigenvalue weighted by atomic mass is 35.5. The summed E-state index contributed by atoms with van der Waals surface area (Å²) in [6, 6.07) is 3.51. The zero-order valence-corrected chi connectivity index (χ0v) is 16.6. The van der Waals surface area contributed by atoms with Crippen molar-refractivity contribution in [1.82, 2.24) is 10.3 Å². The van der Waals surface area contributed by atoms with E-state index in [1.54, 1.807) is 18.3 Å². The zero-order valence-electron chi connectivity index (χ0n) is 15.0. The van der Waals surface area contributed by atoms with Gasteiger partial charge >= 0.3 is 0 Å². The molecule has 26 heavy (non-hydrogen) atoms. The van der Waals surface area contributed by atoms with Gasteiger partial charge in [0.2, 0.25) is 11.8 Å². The van der Waals surface area contributed by atoms with Crippen LogP contribution in [0.5, 0.6) is 0 Å². The topological polar surface area (TPSA) is 83.1 Å². The van der Waals surface area contributed by atoms with Crippen LogP contribution in [-0.2, 0) is 9.59 Å². The number of rotatable bonds is 6. The van der Waals surface area contributed by atoms with E-state index in [0.717, 1.165) is 38.8 Å². The summed E-state index contributed by atoms with van der Waals surface area (Å²) >= 11 is 0. The molecule has 2 fully saturated rings. The molecular weight excluding hydrogens is 375 g/mol. The van der Waals surface area contributed by atoms with E-state index in [4.69, 9.17) is 0 Å². The molecule has 0 aromatic carbocycles. The Kier molecular flexibility index (Phi) is 9.33. The molecule has 1 saturated carbocycles. The first-order valence-corrected chi connectivity index (χ1v) is 8.89. The second-order valence-electron chi connectivity index (χ2n) is 7.01. The van der Waals surface area contributed by atoms with Crippen molar-refractivity contribution in [3.05, 3.63) is 18.3 Å². The summed E-state index contributed by atoms with van der Waals surface area (Å²) in [6.07, 6.45) is 6.35. The van der Waals surface area contributed by atoms with Crippen LogP contribution in [0.25, 0.3) is 0 Å². The number of pyridine rings is 1. The van der Waals surface area contributed by atoms with Gasteiger partial charge in [0, 0.05) is 12.3 Å². The Hall–Kier alpha value is -1.37. The number of carbonyl (C=O) groups is 2. The molecule has 2 aliphatic rings. The number of nitrogens with one attached hydrogen (secondary N) is 3. The van der Waals surface area contributed by atoms with Crippen molar-refractivity contribution in [3.63, 3.8) is 0 Å². The number of halogens is 2. The highest BCUT2D eigenvalue weighted by molar-refractivity contribution is 5.94. The van der Waals surface area contributed by atoms with Gasteiger partial charge in [0.25, 0.3) is 0 Å². The molecule has 1 atom stereocenters. The van der Waals surface area contributed by atoms with Crippen LogP contribution in [0.2, 0.25) is 0 Å². The predicted octanol–water partition coefficient (Wildman–Crippen LogP) is 3.24. The van der Waals surface area contributed by atoms with E-state index in [1.165, 1.54) is 0 Å². The quantitative estimate of drug-likeness (QED) is 0.681. The molecule has 2 heterocycles. The lowest BCUT2D eigenvalue weighted by atomic mass is 9.84. The van der Waals surface area contributed by atoms with Gasteiger partial charge in [-0.2, -0.15) is 0 Å². The Morgan fingerprint density at radius 3 is 2.42 bits per heavy atom. The number of hydrogen-bond acceptors (Lipinski definition) is 4. The van der Waals surface area contributed by atoms with Crippen molar-refractivity contribution in [3.8, 4) is 0 Å². The van der Waals surface area contributed by atoms with Crippen LogP contribution in [0.4, 0.5) is 11.5 Å². The van der Waals surface area contributed by atoms with Crippen molar-refractivity contribution in [2.24, 2.45) is 17.8 Å². The third-order valence-electron chi connectivity index (χ3n) is 4.94. The lowest BCUT2D eigenvalue weighted by molar-refractivity contribution is -0.118. The van der Waals surface area contributed by atoms with Gasteiger partial charge in [0.05, 0.1) is 11.9 Å². The molecule has 3 rings (SSSR count). The number of hydrogen-bond donors (Lipinski definition) is 3. The summed E-state index contributed by atoms with van der Waals surface area (Å²) in [5.74, 6) is 1.76. The van der Waals surface area contributed by atoms with Gasteiger partial charge in [-0.05, 0) is 62.7 Å². The summed E-state index contributed by atoms with van der Waals surface area (Å²) in [6.45, 7) is 4.26. The first-order chi connectivity index (χ1) is 11.6. The average molecular weight is 403 g/mol. The molecule has 1 aliphatic carbocycles. The molecule has 3 N–H and O–H groups in total. The second kappa shape index (κ2) is 10.7. The molecule has 2 amide bonds. The Labute approximate surface area is 167 Å². The molecule has 1 saturated heterocycles. The largest absolute Gasteiger partial charge is 0.325 e. The summed E-state index contributed by atoms with van der Waals surface area (Å²) in [4.78, 5) is 28.1. The third kappa shape index (κ3) is 6.74. The number of aromatic nitrogens is 1. The zero-order chi connectivity index (χ0) is 16.9. The standard InChI is InChI=1S/C18H26N4O2.2ClH/c1-12(13-6-8-19-9-7-13)10-17(23)21-15-4-5-16(20-11-15)22-18(24)14-2-3-14;;/h4-5,11-14,19H,2-3,6-10H2,1H3,(H,21,23)(H,20,22,24);2*1H. The Balaban J connectivity index is 0.00000169. The number of amides is 2. The van der Waals surface area contributed by atoms with Gasteiger partial charge in [-0.25, -0.2) is 4.98 Å². The van der Waals surface area contributed by atoms with Gasteiger partial charge in [-0.3, -0.25) is 9.59 Å². The Bertz CT molecular complexity index is 587. The molecule has 0 radical (unpaired) electrons. The SMILES string of the molecule is CC(CC(=O)Nc1ccc(NC(=O)C2CC2)nc1)C1CCNCC1.Cl.Cl. The van der Waals surface area contributed by atoms with E-state index < -0.39 is 0 Å². The third-order valence-corrected chi connectivity index (χ3v) is 4.94. The summed E-state index contributed by atoms with van der Waals surface area (Å²) < 4.78 is 0. The van der Waals surface area contributed by atoms with Gasteiger partial charge in [-0.15, -0.1) is 24.8 Å². The van der Waals surface area contributed by atoms with Crippen molar-refractivity contribution in [2.45, 2.75) is 39.0 Å². The van der Waals surface area contributed by atoms with E-state index in [1.807, 2.05) is 0 Å². The lowest BCUT2D eigenvalue weighted by Crippen LogP contribution is -2.32. The number of carbonyl (C=O) groups excluding carboxylic acids is 2. The van der Waals surface area contributed by atoms with E-state index >= 15 is 0 Å². The first kappa shape index (κ1) is 22.7. The van der Waals surface area contributed by atoms with Gasteiger partial charge in [0.1, 0.15) is 5.82 Å². The normalized spacial score (nSPS) is 18.0. The van der Waals surface area contributed by atoms with Gasteiger partial charge in [-0.1, -0.05) is 6.92 Å². The fraction of sp³-hybridized carbons (Fsp3) is 0.611. The molecule has 1 aromatic heterocycles. The molecule has 0 spiro atoms. The van der Waals surface area contributed by atoms with Crippen molar-refractivity contribution in [1.29, 1.82) is 0 Å². The Morgan fingerprint density at radius 2 is 1.85 bits per heavy atom. The van der Waals surface area contributed by atoms with Gasteiger partial charge < -0.3 is 16.0 Å². The number of nitrogens with zero attached hydrogens (tertiary/aromatic N) is 1. The first-order valence-electron chi connectivity index (χ1n) is 8.89. The van der Waals surface area contributed by atoms with E-state index in [-0.39, 0.29) is 42.5 Å². The van der Waals surface area contributed by atoms with Crippen molar-refractivity contribution in [2.75, 3.05) is 23.7 Å². The fourth-order valence-corrected chi connectivity index (χ4v) is 3.20. The minimum atomic E-state index is 0. The van der Waals surface area contributed by atoms with E-state index in [9.17, 15) is 9.59 Å². The molecule has 1 unspecified atom stereocenters. The van der Waals surface area contributed by atoms with Crippen molar-refractivity contribution >= 4 is 48.1 Å². The summed E-state index contributed by atoms with van der Waals surface area (Å²) in [5, 5.41) is 9.04. The van der Waals surface area contributed by atoms with E-state index in [2.05, 4.69) is 27.9 Å². The van der Waals surface area contributed by atoms with Gasteiger partial charge in [0.15, 0.2) is 0 Å². The molecule has 1 aromatic rings. The highest BCUT2D eigenvalue weighted by Gasteiger charge is 2.29. The molecule has 6 nitrogen and oxygen atoms in total. The van der Waals surface area contributed by atoms with Crippen LogP contribution < -0.4 is 16.0 Å². The lowest BCUT2D eigenvalue weighted by Gasteiger charge is -2.27. The minimum absolute atomic E-state index is 0. The van der Waals surface area contributed by atoms with Crippen LogP contribution in [0.3, 0.4) is 0 Å². The molecule has 1 aliphatic heterocycles. The smallest absolute Gasteiger partial charge is 0.228 e. The van der Waals surface area contributed by atoms with Crippen LogP contribution in [0.1, 0.15) is 39.0 Å². The molecular formula is C18H28Cl2N4O2. The predicted molar refractivity (Wildman–Crippen MR) is 108 cm³/mol. The molecule has 0 bridgehead atoms. The monoisotopic (exact) mass is 402 g/mol. The maximum atomic E-state index is 12.2. The van der Waals surface area contributed by atoms with Crippen LogP contribution in [0, 0.1) is 17.8 Å². The second-order valence-corrected chi connectivity index (χ2v) is 7.01. The maximum absolute atomic E-state index is 12.2. The maximum Gasteiger partial charge on any atom is 0.228 e. The average Bonchev–Trinajstić information content (AvgIpc) is 3.42. The summed E-state index contributed by atoms with van der Waals surface area (Å²) in [5.41, 5.74) is 0.668. The van der Waals surface area contributed by atoms with Crippen LogP contribution in [0.15, 0.2) is 18.3 Å². The Morgan fingerprint density at radius 1 is 1.15 bits per heavy atom. The highest BCUT2D eigenvalue weighted by Crippen LogP contribution is 2.30. The minimum Gasteiger partial charge on any atom is -0.325 e. The van der Waals surface area contributed by atoms with Crippen LogP contribution in [-0.4, -0.2) is 29.9 Å². The van der Waals surface area contributed by atoms with Crippen LogP contribution >= 0.6 is 24.8 Å². The number of anilines is 2. The molecule has 8 heteroatoms.